The van der Waals surface area contributed by atoms with E-state index >= 15 is 0 Å². The molecule has 0 radical (unpaired) electrons. The fourth-order valence-electron chi connectivity index (χ4n) is 3.07. The van der Waals surface area contributed by atoms with Crippen molar-refractivity contribution in [2.24, 2.45) is 0 Å². The van der Waals surface area contributed by atoms with Crippen molar-refractivity contribution >= 4 is 23.4 Å². The highest BCUT2D eigenvalue weighted by Crippen LogP contribution is 2.24. The topological polar surface area (TPSA) is 51.5 Å². The predicted molar refractivity (Wildman–Crippen MR) is 117 cm³/mol. The second-order valence-electron chi connectivity index (χ2n) is 6.87. The Morgan fingerprint density at radius 1 is 0.964 bits per heavy atom. The van der Waals surface area contributed by atoms with Crippen LogP contribution in [0.1, 0.15) is 36.0 Å². The quantitative estimate of drug-likeness (QED) is 0.397. The van der Waals surface area contributed by atoms with Crippen LogP contribution in [0.3, 0.4) is 0 Å². The van der Waals surface area contributed by atoms with Crippen LogP contribution < -0.4 is 15.7 Å². The van der Waals surface area contributed by atoms with Gasteiger partial charge in [0.1, 0.15) is 11.3 Å². The Balaban J connectivity index is 0.00000280. The first-order chi connectivity index (χ1) is 13.1. The van der Waals surface area contributed by atoms with E-state index in [0.29, 0.717) is 17.8 Å². The molecule has 3 rings (SSSR count). The fraction of sp³-hybridized carbons (Fsp3) is 0.348. The van der Waals surface area contributed by atoms with Crippen LogP contribution in [-0.2, 0) is 6.54 Å². The highest BCUT2D eigenvalue weighted by molar-refractivity contribution is 5.85. The maximum atomic E-state index is 11.8. The van der Waals surface area contributed by atoms with E-state index in [1.807, 2.05) is 31.2 Å². The lowest BCUT2D eigenvalue weighted by molar-refractivity contribution is 0.305. The molecule has 4 nitrogen and oxygen atoms in total. The van der Waals surface area contributed by atoms with E-state index in [1.165, 1.54) is 5.56 Å². The number of unbranched alkanes of at least 4 members (excludes halogenated alkanes) is 2. The number of benzene rings is 2. The first kappa shape index (κ1) is 22.0. The number of hydrogen-bond acceptors (Lipinski definition) is 4. The molecule has 1 aromatic heterocycles. The van der Waals surface area contributed by atoms with Crippen LogP contribution in [0, 0.1) is 13.8 Å². The molecule has 2 aromatic carbocycles. The van der Waals surface area contributed by atoms with Gasteiger partial charge in [0, 0.05) is 23.6 Å². The van der Waals surface area contributed by atoms with E-state index in [1.54, 1.807) is 6.92 Å². The molecular formula is C23H28ClNO3. The fourth-order valence-corrected chi connectivity index (χ4v) is 3.07. The van der Waals surface area contributed by atoms with Gasteiger partial charge in [-0.15, -0.1) is 12.4 Å². The molecular weight excluding hydrogens is 374 g/mol. The maximum absolute atomic E-state index is 11.8. The molecule has 28 heavy (non-hydrogen) atoms. The molecule has 0 unspecified atom stereocenters. The molecule has 150 valence electrons. The highest BCUT2D eigenvalue weighted by Gasteiger charge is 2.08. The van der Waals surface area contributed by atoms with Crippen molar-refractivity contribution in [1.29, 1.82) is 0 Å². The standard InChI is InChI=1S/C23H27NO3.ClH/c1-17-18(2)23(25)27-22-15-20(11-12-21(17)22)26-14-8-4-7-13-24-16-19-9-5-3-6-10-19;/h3,5-6,9-12,15,24H,4,7-8,13-14,16H2,1-2H3;1H. The van der Waals surface area contributed by atoms with Gasteiger partial charge in [-0.05, 0) is 62.9 Å². The van der Waals surface area contributed by atoms with Gasteiger partial charge in [-0.25, -0.2) is 4.79 Å². The van der Waals surface area contributed by atoms with Gasteiger partial charge in [0.15, 0.2) is 0 Å². The molecule has 0 fully saturated rings. The molecule has 0 aliphatic carbocycles. The smallest absolute Gasteiger partial charge is 0.339 e. The minimum atomic E-state index is -0.278. The first-order valence-corrected chi connectivity index (χ1v) is 9.56. The normalized spacial score (nSPS) is 10.6. The summed E-state index contributed by atoms with van der Waals surface area (Å²) in [7, 11) is 0. The molecule has 1 N–H and O–H groups in total. The van der Waals surface area contributed by atoms with E-state index in [9.17, 15) is 4.79 Å². The predicted octanol–water partition coefficient (Wildman–Crippen LogP) is 5.17. The average molecular weight is 402 g/mol. The summed E-state index contributed by atoms with van der Waals surface area (Å²) in [4.78, 5) is 11.8. The zero-order chi connectivity index (χ0) is 19.1. The van der Waals surface area contributed by atoms with Gasteiger partial charge in [0.05, 0.1) is 6.61 Å². The molecule has 3 aromatic rings. The first-order valence-electron chi connectivity index (χ1n) is 9.56. The van der Waals surface area contributed by atoms with E-state index in [4.69, 9.17) is 9.15 Å². The van der Waals surface area contributed by atoms with Gasteiger partial charge in [0.2, 0.25) is 0 Å². The molecule has 0 atom stereocenters. The van der Waals surface area contributed by atoms with E-state index < -0.39 is 0 Å². The Bertz CT molecular complexity index is 938. The second kappa shape index (κ2) is 10.9. The highest BCUT2D eigenvalue weighted by atomic mass is 35.5. The second-order valence-corrected chi connectivity index (χ2v) is 6.87. The summed E-state index contributed by atoms with van der Waals surface area (Å²) in [6.45, 7) is 6.33. The van der Waals surface area contributed by atoms with Gasteiger partial charge < -0.3 is 14.5 Å². The third-order valence-corrected chi connectivity index (χ3v) is 4.87. The van der Waals surface area contributed by atoms with Crippen LogP contribution in [0.4, 0.5) is 0 Å². The van der Waals surface area contributed by atoms with Crippen molar-refractivity contribution in [3.8, 4) is 5.75 Å². The molecule has 0 saturated heterocycles. The van der Waals surface area contributed by atoms with Crippen LogP contribution in [0.25, 0.3) is 11.0 Å². The summed E-state index contributed by atoms with van der Waals surface area (Å²) >= 11 is 0. The molecule has 0 saturated carbocycles. The maximum Gasteiger partial charge on any atom is 0.339 e. The number of halogens is 1. The SMILES string of the molecule is Cc1c(C)c2ccc(OCCCCCNCc3ccccc3)cc2oc1=O.Cl. The van der Waals surface area contributed by atoms with Crippen molar-refractivity contribution < 1.29 is 9.15 Å². The molecule has 5 heteroatoms. The largest absolute Gasteiger partial charge is 0.493 e. The Morgan fingerprint density at radius 3 is 2.54 bits per heavy atom. The molecule has 0 spiro atoms. The lowest BCUT2D eigenvalue weighted by Gasteiger charge is -2.09. The summed E-state index contributed by atoms with van der Waals surface area (Å²) in [5, 5.41) is 4.42. The number of rotatable bonds is 9. The molecule has 0 amide bonds. The lowest BCUT2D eigenvalue weighted by atomic mass is 10.1. The van der Waals surface area contributed by atoms with E-state index in [0.717, 1.165) is 49.1 Å². The summed E-state index contributed by atoms with van der Waals surface area (Å²) < 4.78 is 11.2. The summed E-state index contributed by atoms with van der Waals surface area (Å²) in [5.41, 5.74) is 3.26. The van der Waals surface area contributed by atoms with Crippen molar-refractivity contribution in [2.45, 2.75) is 39.7 Å². The van der Waals surface area contributed by atoms with Crippen molar-refractivity contribution in [3.05, 3.63) is 75.6 Å². The Hall–Kier alpha value is -2.30. The lowest BCUT2D eigenvalue weighted by Crippen LogP contribution is -2.14. The number of fused-ring (bicyclic) bond motifs is 1. The number of nitrogens with one attached hydrogen (secondary N) is 1. The van der Waals surface area contributed by atoms with Crippen LogP contribution in [-0.4, -0.2) is 13.2 Å². The summed E-state index contributed by atoms with van der Waals surface area (Å²) in [5.74, 6) is 0.746. The number of ether oxygens (including phenoxy) is 1. The molecule has 0 bridgehead atoms. The van der Waals surface area contributed by atoms with E-state index in [-0.39, 0.29) is 18.0 Å². The van der Waals surface area contributed by atoms with Gasteiger partial charge >= 0.3 is 5.63 Å². The van der Waals surface area contributed by atoms with Crippen LogP contribution in [0.15, 0.2) is 57.7 Å². The zero-order valence-corrected chi connectivity index (χ0v) is 17.3. The van der Waals surface area contributed by atoms with Crippen LogP contribution >= 0.6 is 12.4 Å². The minimum Gasteiger partial charge on any atom is -0.493 e. The molecule has 1 heterocycles. The van der Waals surface area contributed by atoms with E-state index in [2.05, 4.69) is 29.6 Å². The zero-order valence-electron chi connectivity index (χ0n) is 16.5. The number of aryl methyl sites for hydroxylation is 1. The summed E-state index contributed by atoms with van der Waals surface area (Å²) in [6, 6.07) is 16.1. The Morgan fingerprint density at radius 2 is 1.75 bits per heavy atom. The monoisotopic (exact) mass is 401 g/mol. The van der Waals surface area contributed by atoms with Gasteiger partial charge in [-0.1, -0.05) is 30.3 Å². The van der Waals surface area contributed by atoms with Gasteiger partial charge in [-0.3, -0.25) is 0 Å². The van der Waals surface area contributed by atoms with Gasteiger partial charge in [-0.2, -0.15) is 0 Å². The Labute approximate surface area is 172 Å². The summed E-state index contributed by atoms with van der Waals surface area (Å²) in [6.07, 6.45) is 3.24. The molecule has 0 aliphatic heterocycles. The van der Waals surface area contributed by atoms with Gasteiger partial charge in [0.25, 0.3) is 0 Å². The van der Waals surface area contributed by atoms with Crippen molar-refractivity contribution in [3.63, 3.8) is 0 Å². The van der Waals surface area contributed by atoms with Crippen LogP contribution in [0.2, 0.25) is 0 Å². The third-order valence-electron chi connectivity index (χ3n) is 4.87. The molecule has 0 aliphatic rings. The van der Waals surface area contributed by atoms with Crippen LogP contribution in [0.5, 0.6) is 5.75 Å². The third kappa shape index (κ3) is 5.85. The minimum absolute atomic E-state index is 0. The average Bonchev–Trinajstić information content (AvgIpc) is 2.69. The van der Waals surface area contributed by atoms with Crippen molar-refractivity contribution in [2.75, 3.05) is 13.2 Å². The number of hydrogen-bond donors (Lipinski definition) is 1. The Kier molecular flexibility index (Phi) is 8.55. The van der Waals surface area contributed by atoms with Crippen molar-refractivity contribution in [1.82, 2.24) is 5.32 Å².